The SMILES string of the molecule is C1=CC2C(c3ccc4c(c3)oc3cccc(-c5nc(-c6ccccc6)nc(-c6ccc(-c7ccccc7)cc6)n5)c34)=Cc3ccccc3C2C=C1. The summed E-state index contributed by atoms with van der Waals surface area (Å²) in [6.07, 6.45) is 11.3. The number of rotatable bonds is 5. The molecule has 51 heavy (non-hydrogen) atoms. The largest absolute Gasteiger partial charge is 0.456 e. The minimum atomic E-state index is 0.268. The molecule has 0 aliphatic heterocycles. The summed E-state index contributed by atoms with van der Waals surface area (Å²) in [6.45, 7) is 0. The Bertz CT molecular complexity index is 2690. The van der Waals surface area contributed by atoms with Crippen molar-refractivity contribution in [1.29, 1.82) is 0 Å². The van der Waals surface area contributed by atoms with Crippen molar-refractivity contribution in [2.75, 3.05) is 0 Å². The third-order valence-corrected chi connectivity index (χ3v) is 10.1. The normalized spacial score (nSPS) is 16.2. The van der Waals surface area contributed by atoms with Gasteiger partial charge in [0.2, 0.25) is 0 Å². The molecule has 2 aliphatic rings. The van der Waals surface area contributed by atoms with Gasteiger partial charge >= 0.3 is 0 Å². The quantitative estimate of drug-likeness (QED) is 0.185. The first-order valence-electron chi connectivity index (χ1n) is 17.4. The Balaban J connectivity index is 1.10. The Labute approximate surface area is 295 Å². The van der Waals surface area contributed by atoms with Crippen LogP contribution in [0.4, 0.5) is 0 Å². The van der Waals surface area contributed by atoms with Gasteiger partial charge in [-0.05, 0) is 51.6 Å². The van der Waals surface area contributed by atoms with Gasteiger partial charge in [-0.3, -0.25) is 0 Å². The molecule has 2 unspecified atom stereocenters. The summed E-state index contributed by atoms with van der Waals surface area (Å²) in [5.74, 6) is 2.44. The Morgan fingerprint density at radius 2 is 1.06 bits per heavy atom. The predicted molar refractivity (Wildman–Crippen MR) is 208 cm³/mol. The third-order valence-electron chi connectivity index (χ3n) is 10.1. The first-order valence-corrected chi connectivity index (χ1v) is 17.4. The summed E-state index contributed by atoms with van der Waals surface area (Å²) in [4.78, 5) is 15.2. The Morgan fingerprint density at radius 3 is 1.84 bits per heavy atom. The molecule has 2 aliphatic carbocycles. The molecule has 0 saturated heterocycles. The lowest BCUT2D eigenvalue weighted by atomic mass is 9.71. The van der Waals surface area contributed by atoms with Crippen LogP contribution in [0.5, 0.6) is 0 Å². The molecule has 10 rings (SSSR count). The lowest BCUT2D eigenvalue weighted by molar-refractivity contribution is 0.668. The highest BCUT2D eigenvalue weighted by Gasteiger charge is 2.30. The van der Waals surface area contributed by atoms with Crippen molar-refractivity contribution in [2.45, 2.75) is 5.92 Å². The smallest absolute Gasteiger partial charge is 0.164 e. The summed E-state index contributed by atoms with van der Waals surface area (Å²) < 4.78 is 6.61. The minimum Gasteiger partial charge on any atom is -0.456 e. The van der Waals surface area contributed by atoms with Crippen LogP contribution < -0.4 is 0 Å². The Hall–Kier alpha value is -6.65. The summed E-state index contributed by atoms with van der Waals surface area (Å²) in [6, 6.07) is 50.4. The van der Waals surface area contributed by atoms with Crippen molar-refractivity contribution >= 4 is 33.6 Å². The highest BCUT2D eigenvalue weighted by Crippen LogP contribution is 2.47. The summed E-state index contributed by atoms with van der Waals surface area (Å²) >= 11 is 0. The van der Waals surface area contributed by atoms with Crippen molar-refractivity contribution in [3.8, 4) is 45.3 Å². The lowest BCUT2D eigenvalue weighted by Crippen LogP contribution is -2.17. The van der Waals surface area contributed by atoms with Crippen LogP contribution in [0.15, 0.2) is 174 Å². The van der Waals surface area contributed by atoms with Crippen LogP contribution in [-0.4, -0.2) is 15.0 Å². The second-order valence-corrected chi connectivity index (χ2v) is 13.2. The fraction of sp³-hybridized carbons (Fsp3) is 0.0426. The van der Waals surface area contributed by atoms with Gasteiger partial charge in [0.1, 0.15) is 11.2 Å². The molecule has 0 bridgehead atoms. The van der Waals surface area contributed by atoms with Gasteiger partial charge in [-0.2, -0.15) is 0 Å². The average molecular weight is 654 g/mol. The molecule has 6 aromatic carbocycles. The zero-order valence-electron chi connectivity index (χ0n) is 27.6. The maximum absolute atomic E-state index is 6.61. The molecule has 4 heteroatoms. The number of fused-ring (bicyclic) bond motifs is 6. The number of furan rings is 1. The van der Waals surface area contributed by atoms with E-state index >= 15 is 0 Å². The maximum Gasteiger partial charge on any atom is 0.164 e. The Morgan fingerprint density at radius 1 is 0.451 bits per heavy atom. The van der Waals surface area contributed by atoms with Gasteiger partial charge in [0.05, 0.1) is 0 Å². The van der Waals surface area contributed by atoms with Gasteiger partial charge in [0, 0.05) is 39.3 Å². The van der Waals surface area contributed by atoms with Crippen LogP contribution in [0.1, 0.15) is 22.6 Å². The monoisotopic (exact) mass is 653 g/mol. The van der Waals surface area contributed by atoms with Gasteiger partial charge < -0.3 is 4.42 Å². The molecule has 0 radical (unpaired) electrons. The first-order chi connectivity index (χ1) is 25.3. The van der Waals surface area contributed by atoms with Crippen molar-refractivity contribution in [3.63, 3.8) is 0 Å². The van der Waals surface area contributed by atoms with E-state index in [2.05, 4.69) is 127 Å². The molecule has 0 saturated carbocycles. The zero-order valence-corrected chi connectivity index (χ0v) is 27.6. The van der Waals surface area contributed by atoms with Gasteiger partial charge in [-0.15, -0.1) is 0 Å². The second-order valence-electron chi connectivity index (χ2n) is 13.2. The molecular weight excluding hydrogens is 623 g/mol. The highest BCUT2D eigenvalue weighted by molar-refractivity contribution is 6.12. The van der Waals surface area contributed by atoms with Gasteiger partial charge in [-0.25, -0.2) is 15.0 Å². The molecule has 2 heterocycles. The van der Waals surface area contributed by atoms with E-state index in [1.54, 1.807) is 0 Å². The molecule has 2 aromatic heterocycles. The van der Waals surface area contributed by atoms with Crippen LogP contribution in [0.2, 0.25) is 0 Å². The van der Waals surface area contributed by atoms with Gasteiger partial charge in [0.25, 0.3) is 0 Å². The summed E-state index contributed by atoms with van der Waals surface area (Å²) in [5.41, 5.74) is 11.8. The average Bonchev–Trinajstić information content (AvgIpc) is 3.59. The van der Waals surface area contributed by atoms with E-state index in [-0.39, 0.29) is 5.92 Å². The zero-order chi connectivity index (χ0) is 33.7. The van der Waals surface area contributed by atoms with E-state index in [9.17, 15) is 0 Å². The number of hydrogen-bond acceptors (Lipinski definition) is 4. The van der Waals surface area contributed by atoms with E-state index in [0.29, 0.717) is 23.4 Å². The van der Waals surface area contributed by atoms with Gasteiger partial charge in [0.15, 0.2) is 17.5 Å². The molecule has 8 aromatic rings. The minimum absolute atomic E-state index is 0.268. The number of benzene rings is 6. The van der Waals surface area contributed by atoms with Crippen molar-refractivity contribution < 1.29 is 4.42 Å². The second kappa shape index (κ2) is 12.0. The summed E-state index contributed by atoms with van der Waals surface area (Å²) in [7, 11) is 0. The predicted octanol–water partition coefficient (Wildman–Crippen LogP) is 11.8. The number of hydrogen-bond donors (Lipinski definition) is 0. The third kappa shape index (κ3) is 5.12. The molecule has 0 N–H and O–H groups in total. The van der Waals surface area contributed by atoms with E-state index < -0.39 is 0 Å². The molecule has 2 atom stereocenters. The summed E-state index contributed by atoms with van der Waals surface area (Å²) in [5, 5.41) is 2.03. The first kappa shape index (κ1) is 29.3. The van der Waals surface area contributed by atoms with E-state index in [1.165, 1.54) is 27.8 Å². The molecule has 4 nitrogen and oxygen atoms in total. The van der Waals surface area contributed by atoms with Crippen molar-refractivity contribution in [2.24, 2.45) is 5.92 Å². The van der Waals surface area contributed by atoms with E-state index in [1.807, 2.05) is 48.5 Å². The number of nitrogens with zero attached hydrogens (tertiary/aromatic N) is 3. The fourth-order valence-corrected chi connectivity index (χ4v) is 7.66. The fourth-order valence-electron chi connectivity index (χ4n) is 7.66. The van der Waals surface area contributed by atoms with E-state index in [0.717, 1.165) is 44.2 Å². The molecule has 0 amide bonds. The van der Waals surface area contributed by atoms with Crippen LogP contribution in [0.3, 0.4) is 0 Å². The highest BCUT2D eigenvalue weighted by atomic mass is 16.3. The van der Waals surface area contributed by atoms with Crippen LogP contribution in [-0.2, 0) is 0 Å². The number of aromatic nitrogens is 3. The molecule has 240 valence electrons. The van der Waals surface area contributed by atoms with Crippen LogP contribution in [0, 0.1) is 5.92 Å². The molecule has 0 spiro atoms. The number of allylic oxidation sites excluding steroid dienone is 5. The lowest BCUT2D eigenvalue weighted by Gasteiger charge is -2.32. The maximum atomic E-state index is 6.61. The Kier molecular flexibility index (Phi) is 6.91. The standard InChI is InChI=1S/C47H31N3O/c1-3-12-30(13-4-1)31-22-24-33(25-23-31)46-48-45(32-14-5-2-6-15-32)49-47(50-46)40-20-11-21-42-44(40)39-27-26-35(29-43(39)51-42)41-28-34-16-7-8-17-36(34)37-18-9-10-19-38(37)41/h1-29,37-38H. The van der Waals surface area contributed by atoms with E-state index in [4.69, 9.17) is 19.4 Å². The van der Waals surface area contributed by atoms with Crippen LogP contribution in [0.25, 0.3) is 78.9 Å². The molecular formula is C47H31N3O. The molecule has 0 fully saturated rings. The topological polar surface area (TPSA) is 51.8 Å². The van der Waals surface area contributed by atoms with Crippen molar-refractivity contribution in [1.82, 2.24) is 15.0 Å². The van der Waals surface area contributed by atoms with Gasteiger partial charge in [-0.1, -0.05) is 158 Å². The van der Waals surface area contributed by atoms with Crippen molar-refractivity contribution in [3.05, 3.63) is 187 Å². The van der Waals surface area contributed by atoms with Crippen LogP contribution >= 0.6 is 0 Å².